The minimum Gasteiger partial charge on any atom is -0.323 e. The van der Waals surface area contributed by atoms with Gasteiger partial charge in [0.15, 0.2) is 0 Å². The molecular weight excluding hydrogens is 358 g/mol. The second-order valence-electron chi connectivity index (χ2n) is 4.49. The Morgan fingerprint density at radius 1 is 1.38 bits per heavy atom. The summed E-state index contributed by atoms with van der Waals surface area (Å²) in [5, 5.41) is 3.12. The minimum atomic E-state index is -0.456. The molecule has 1 heterocycles. The molecule has 0 bridgehead atoms. The van der Waals surface area contributed by atoms with Gasteiger partial charge in [-0.1, -0.05) is 23.7 Å². The van der Waals surface area contributed by atoms with Crippen LogP contribution in [0, 0.1) is 13.8 Å². The zero-order valence-electron chi connectivity index (χ0n) is 11.5. The first-order valence-electron chi connectivity index (χ1n) is 6.18. The summed E-state index contributed by atoms with van der Waals surface area (Å²) in [6.07, 6.45) is 0. The summed E-state index contributed by atoms with van der Waals surface area (Å²) in [6.45, 7) is 3.36. The van der Waals surface area contributed by atoms with Crippen LogP contribution in [0.3, 0.4) is 0 Å². The van der Waals surface area contributed by atoms with Gasteiger partial charge >= 0.3 is 5.69 Å². The van der Waals surface area contributed by atoms with E-state index in [1.165, 1.54) is 4.57 Å². The van der Waals surface area contributed by atoms with Crippen LogP contribution in [0.1, 0.15) is 11.4 Å². The standard InChI is InChI=1S/C14H13BrClN3O2/c1-8-13(15)9(2)19(14(21)17-8)7-12(20)18-11-6-4-3-5-10(11)16/h3-6H,7H2,1-2H3,(H,18,20). The number of carbonyl (C=O) groups is 1. The Bertz CT molecular complexity index is 758. The Morgan fingerprint density at radius 2 is 2.05 bits per heavy atom. The largest absolute Gasteiger partial charge is 0.348 e. The van der Waals surface area contributed by atoms with E-state index in [4.69, 9.17) is 11.6 Å². The summed E-state index contributed by atoms with van der Waals surface area (Å²) in [4.78, 5) is 27.8. The number of carbonyl (C=O) groups excluding carboxylic acids is 1. The topological polar surface area (TPSA) is 64.0 Å². The smallest absolute Gasteiger partial charge is 0.323 e. The van der Waals surface area contributed by atoms with E-state index in [2.05, 4.69) is 26.2 Å². The number of rotatable bonds is 3. The fourth-order valence-electron chi connectivity index (χ4n) is 1.86. The molecule has 7 heteroatoms. The predicted molar refractivity (Wildman–Crippen MR) is 85.8 cm³/mol. The highest BCUT2D eigenvalue weighted by Gasteiger charge is 2.13. The Balaban J connectivity index is 2.23. The molecule has 0 saturated carbocycles. The molecule has 0 atom stereocenters. The first-order valence-corrected chi connectivity index (χ1v) is 7.35. The molecule has 0 saturated heterocycles. The molecule has 0 aliphatic rings. The number of para-hydroxylation sites is 1. The second kappa shape index (κ2) is 6.41. The zero-order valence-corrected chi connectivity index (χ0v) is 13.8. The summed E-state index contributed by atoms with van der Waals surface area (Å²) in [5.74, 6) is -0.342. The molecule has 0 fully saturated rings. The average Bonchev–Trinajstić information content (AvgIpc) is 2.44. The van der Waals surface area contributed by atoms with Crippen LogP contribution in [0.5, 0.6) is 0 Å². The lowest BCUT2D eigenvalue weighted by atomic mass is 10.3. The second-order valence-corrected chi connectivity index (χ2v) is 5.69. The maximum absolute atomic E-state index is 12.1. The molecule has 110 valence electrons. The Kier molecular flexibility index (Phi) is 4.80. The normalized spacial score (nSPS) is 10.5. The van der Waals surface area contributed by atoms with Crippen LogP contribution in [0.25, 0.3) is 0 Å². The minimum absolute atomic E-state index is 0.123. The van der Waals surface area contributed by atoms with Crippen molar-refractivity contribution in [3.05, 3.63) is 55.6 Å². The molecule has 1 N–H and O–H groups in total. The lowest BCUT2D eigenvalue weighted by Gasteiger charge is -2.12. The number of halogens is 2. The first-order chi connectivity index (χ1) is 9.90. The quantitative estimate of drug-likeness (QED) is 0.903. The average molecular weight is 371 g/mol. The van der Waals surface area contributed by atoms with Crippen molar-refractivity contribution in [3.63, 3.8) is 0 Å². The van der Waals surface area contributed by atoms with Crippen molar-refractivity contribution in [2.24, 2.45) is 0 Å². The van der Waals surface area contributed by atoms with Crippen LogP contribution in [0.2, 0.25) is 5.02 Å². The van der Waals surface area contributed by atoms with E-state index in [0.29, 0.717) is 26.6 Å². The summed E-state index contributed by atoms with van der Waals surface area (Å²) in [5.41, 5.74) is 1.30. The molecule has 2 rings (SSSR count). The van der Waals surface area contributed by atoms with Crippen molar-refractivity contribution in [1.82, 2.24) is 9.55 Å². The van der Waals surface area contributed by atoms with Crippen molar-refractivity contribution in [2.45, 2.75) is 20.4 Å². The molecule has 1 aromatic carbocycles. The number of nitrogens with one attached hydrogen (secondary N) is 1. The van der Waals surface area contributed by atoms with E-state index >= 15 is 0 Å². The van der Waals surface area contributed by atoms with Crippen LogP contribution in [0.4, 0.5) is 5.69 Å². The number of amides is 1. The molecule has 0 unspecified atom stereocenters. The zero-order chi connectivity index (χ0) is 15.6. The summed E-state index contributed by atoms with van der Waals surface area (Å²) < 4.78 is 2.02. The fraction of sp³-hybridized carbons (Fsp3) is 0.214. The first kappa shape index (κ1) is 15.7. The molecule has 1 amide bonds. The molecule has 0 aliphatic heterocycles. The molecular formula is C14H13BrClN3O2. The summed E-state index contributed by atoms with van der Waals surface area (Å²) in [6, 6.07) is 6.91. The fourth-order valence-corrected chi connectivity index (χ4v) is 2.34. The molecule has 0 spiro atoms. The van der Waals surface area contributed by atoms with E-state index in [1.807, 2.05) is 0 Å². The maximum Gasteiger partial charge on any atom is 0.348 e. The Labute approximate surface area is 135 Å². The van der Waals surface area contributed by atoms with E-state index in [9.17, 15) is 9.59 Å². The van der Waals surface area contributed by atoms with E-state index in [-0.39, 0.29) is 12.5 Å². The third kappa shape index (κ3) is 3.51. The highest BCUT2D eigenvalue weighted by molar-refractivity contribution is 9.10. The van der Waals surface area contributed by atoms with Gasteiger partial charge in [0.1, 0.15) is 6.54 Å². The lowest BCUT2D eigenvalue weighted by molar-refractivity contribution is -0.116. The van der Waals surface area contributed by atoms with Crippen LogP contribution in [-0.4, -0.2) is 15.5 Å². The van der Waals surface area contributed by atoms with Crippen LogP contribution >= 0.6 is 27.5 Å². The lowest BCUT2D eigenvalue weighted by Crippen LogP contribution is -2.31. The van der Waals surface area contributed by atoms with Gasteiger partial charge in [-0.25, -0.2) is 4.79 Å². The molecule has 5 nitrogen and oxygen atoms in total. The van der Waals surface area contributed by atoms with E-state index in [1.54, 1.807) is 38.1 Å². The van der Waals surface area contributed by atoms with Gasteiger partial charge in [-0.2, -0.15) is 4.98 Å². The van der Waals surface area contributed by atoms with Crippen molar-refractivity contribution in [2.75, 3.05) is 5.32 Å². The number of nitrogens with zero attached hydrogens (tertiary/aromatic N) is 2. The van der Waals surface area contributed by atoms with Gasteiger partial charge in [0, 0.05) is 5.69 Å². The van der Waals surface area contributed by atoms with Crippen molar-refractivity contribution in [1.29, 1.82) is 0 Å². The molecule has 0 aliphatic carbocycles. The molecule has 21 heavy (non-hydrogen) atoms. The highest BCUT2D eigenvalue weighted by atomic mass is 79.9. The van der Waals surface area contributed by atoms with Gasteiger partial charge in [-0.15, -0.1) is 0 Å². The summed E-state index contributed by atoms with van der Waals surface area (Å²) >= 11 is 9.33. The van der Waals surface area contributed by atoms with Gasteiger partial charge in [-0.05, 0) is 41.9 Å². The number of anilines is 1. The van der Waals surface area contributed by atoms with Gasteiger partial charge < -0.3 is 5.32 Å². The third-order valence-corrected chi connectivity index (χ3v) is 4.46. The number of aromatic nitrogens is 2. The molecule has 1 aromatic heterocycles. The number of hydrogen-bond donors (Lipinski definition) is 1. The van der Waals surface area contributed by atoms with Gasteiger partial charge in [0.25, 0.3) is 0 Å². The van der Waals surface area contributed by atoms with Crippen molar-refractivity contribution in [3.8, 4) is 0 Å². The van der Waals surface area contributed by atoms with Gasteiger partial charge in [0.05, 0.1) is 20.9 Å². The predicted octanol–water partition coefficient (Wildman–Crippen LogP) is 2.91. The van der Waals surface area contributed by atoms with Gasteiger partial charge in [0.2, 0.25) is 5.91 Å². The molecule has 0 radical (unpaired) electrons. The van der Waals surface area contributed by atoms with Crippen LogP contribution < -0.4 is 11.0 Å². The van der Waals surface area contributed by atoms with Crippen molar-refractivity contribution < 1.29 is 4.79 Å². The molecule has 2 aromatic rings. The Morgan fingerprint density at radius 3 is 2.71 bits per heavy atom. The maximum atomic E-state index is 12.1. The third-order valence-electron chi connectivity index (χ3n) is 2.98. The van der Waals surface area contributed by atoms with Crippen LogP contribution in [-0.2, 0) is 11.3 Å². The number of hydrogen-bond acceptors (Lipinski definition) is 3. The van der Waals surface area contributed by atoms with E-state index in [0.717, 1.165) is 0 Å². The monoisotopic (exact) mass is 369 g/mol. The highest BCUT2D eigenvalue weighted by Crippen LogP contribution is 2.20. The van der Waals surface area contributed by atoms with Crippen molar-refractivity contribution >= 4 is 39.1 Å². The van der Waals surface area contributed by atoms with Gasteiger partial charge in [-0.3, -0.25) is 9.36 Å². The Hall–Kier alpha value is -1.66. The number of benzene rings is 1. The summed E-state index contributed by atoms with van der Waals surface area (Å²) in [7, 11) is 0. The SMILES string of the molecule is Cc1nc(=O)n(CC(=O)Nc2ccccc2Cl)c(C)c1Br. The van der Waals surface area contributed by atoms with Crippen LogP contribution in [0.15, 0.2) is 33.5 Å². The number of aryl methyl sites for hydroxylation is 1. The van der Waals surface area contributed by atoms with E-state index < -0.39 is 5.69 Å².